The van der Waals surface area contributed by atoms with Crippen LogP contribution >= 0.6 is 11.6 Å². The number of benzene rings is 2. The lowest BCUT2D eigenvalue weighted by atomic mass is 10.2. The number of amides is 1. The van der Waals surface area contributed by atoms with Gasteiger partial charge >= 0.3 is 5.76 Å². The molecule has 0 bridgehead atoms. The van der Waals surface area contributed by atoms with Crippen molar-refractivity contribution in [1.82, 2.24) is 4.57 Å². The highest BCUT2D eigenvalue weighted by atomic mass is 35.5. The minimum Gasteiger partial charge on any atom is -0.408 e. The molecule has 9 heteroatoms. The molecule has 7 nitrogen and oxygen atoms in total. The molecule has 0 aliphatic carbocycles. The Hall–Kier alpha value is -2.58. The summed E-state index contributed by atoms with van der Waals surface area (Å²) in [5.74, 6) is -0.802. The van der Waals surface area contributed by atoms with E-state index in [1.165, 1.54) is 22.8 Å². The van der Waals surface area contributed by atoms with Crippen molar-refractivity contribution in [2.75, 3.05) is 11.6 Å². The molecule has 27 heavy (non-hydrogen) atoms. The van der Waals surface area contributed by atoms with Gasteiger partial charge in [-0.25, -0.2) is 13.2 Å². The van der Waals surface area contributed by atoms with Crippen molar-refractivity contribution < 1.29 is 17.6 Å². The van der Waals surface area contributed by atoms with Gasteiger partial charge in [-0.3, -0.25) is 9.36 Å². The number of carbonyl (C=O) groups excluding carboxylic acids is 1. The molecule has 0 atom stereocenters. The number of hydrogen-bond donors (Lipinski definition) is 1. The van der Waals surface area contributed by atoms with Crippen LogP contribution in [0.15, 0.2) is 56.6 Å². The first kappa shape index (κ1) is 19.2. The summed E-state index contributed by atoms with van der Waals surface area (Å²) in [4.78, 5) is 24.1. The van der Waals surface area contributed by atoms with Crippen LogP contribution in [0.3, 0.4) is 0 Å². The van der Waals surface area contributed by atoms with Crippen molar-refractivity contribution in [3.63, 3.8) is 0 Å². The first-order valence-electron chi connectivity index (χ1n) is 8.13. The number of oxazole rings is 1. The Balaban J connectivity index is 1.65. The molecule has 0 radical (unpaired) electrons. The van der Waals surface area contributed by atoms with Crippen LogP contribution in [0.2, 0.25) is 5.02 Å². The highest BCUT2D eigenvalue weighted by Crippen LogP contribution is 2.25. The second-order valence-corrected chi connectivity index (χ2v) is 8.48. The highest BCUT2D eigenvalue weighted by Gasteiger charge is 2.13. The molecule has 1 amide bonds. The predicted octanol–water partition coefficient (Wildman–Crippen LogP) is 3.07. The van der Waals surface area contributed by atoms with E-state index in [4.69, 9.17) is 16.0 Å². The number of aryl methyl sites for hydroxylation is 1. The van der Waals surface area contributed by atoms with Gasteiger partial charge < -0.3 is 9.73 Å². The van der Waals surface area contributed by atoms with Gasteiger partial charge in [0.2, 0.25) is 5.91 Å². The quantitative estimate of drug-likeness (QED) is 0.675. The Morgan fingerprint density at radius 2 is 1.96 bits per heavy atom. The predicted molar refractivity (Wildman–Crippen MR) is 103 cm³/mol. The molecule has 1 heterocycles. The molecule has 3 rings (SSSR count). The van der Waals surface area contributed by atoms with Crippen LogP contribution in [0.25, 0.3) is 11.1 Å². The monoisotopic (exact) mass is 408 g/mol. The molecule has 3 aromatic rings. The second-order valence-electron chi connectivity index (χ2n) is 6.05. The smallest absolute Gasteiger partial charge is 0.408 e. The number of para-hydroxylation sites is 2. The number of nitrogens with zero attached hydrogens (tertiary/aromatic N) is 1. The van der Waals surface area contributed by atoms with E-state index in [9.17, 15) is 18.0 Å². The number of rotatable bonds is 6. The molecule has 0 spiro atoms. The Kier molecular flexibility index (Phi) is 5.38. The number of carbonyl (C=O) groups is 1. The summed E-state index contributed by atoms with van der Waals surface area (Å²) in [5, 5.41) is 2.85. The summed E-state index contributed by atoms with van der Waals surface area (Å²) in [6, 6.07) is 11.2. The molecule has 0 aliphatic heterocycles. The number of fused-ring (bicyclic) bond motifs is 1. The summed E-state index contributed by atoms with van der Waals surface area (Å²) in [6.07, 6.45) is 1.61. The highest BCUT2D eigenvalue weighted by molar-refractivity contribution is 7.90. The summed E-state index contributed by atoms with van der Waals surface area (Å²) < 4.78 is 29.9. The number of halogens is 1. The van der Waals surface area contributed by atoms with Gasteiger partial charge in [-0.1, -0.05) is 23.7 Å². The van der Waals surface area contributed by atoms with E-state index < -0.39 is 15.6 Å². The van der Waals surface area contributed by atoms with Gasteiger partial charge in [-0.05, 0) is 36.8 Å². The number of nitrogens with one attached hydrogen (secondary N) is 1. The summed E-state index contributed by atoms with van der Waals surface area (Å²) in [7, 11) is -3.41. The number of sulfone groups is 1. The molecule has 0 aliphatic rings. The van der Waals surface area contributed by atoms with Crippen LogP contribution in [-0.2, 0) is 21.2 Å². The lowest BCUT2D eigenvalue weighted by Gasteiger charge is -2.09. The van der Waals surface area contributed by atoms with Gasteiger partial charge in [-0.15, -0.1) is 0 Å². The molecule has 0 fully saturated rings. The van der Waals surface area contributed by atoms with E-state index in [0.29, 0.717) is 24.1 Å². The summed E-state index contributed by atoms with van der Waals surface area (Å²) >= 11 is 6.02. The van der Waals surface area contributed by atoms with Crippen molar-refractivity contribution in [2.24, 2.45) is 0 Å². The Labute approximate surface area is 160 Å². The molecular formula is C18H17ClN2O5S. The Morgan fingerprint density at radius 3 is 2.70 bits per heavy atom. The van der Waals surface area contributed by atoms with Gasteiger partial charge in [0.05, 0.1) is 21.1 Å². The number of anilines is 1. The SMILES string of the molecule is CS(=O)(=O)c1ccc(Cl)c(NC(=O)CCCn2c(=O)oc3ccccc32)c1. The maximum absolute atomic E-state index is 12.2. The first-order valence-corrected chi connectivity index (χ1v) is 10.4. The zero-order valence-corrected chi connectivity index (χ0v) is 16.0. The molecule has 1 aromatic heterocycles. The maximum Gasteiger partial charge on any atom is 0.419 e. The molecular weight excluding hydrogens is 392 g/mol. The fourth-order valence-electron chi connectivity index (χ4n) is 2.67. The molecule has 142 valence electrons. The zero-order valence-electron chi connectivity index (χ0n) is 14.4. The standard InChI is InChI=1S/C18H17ClN2O5S/c1-27(24,25)12-8-9-13(19)14(11-12)20-17(22)7-4-10-21-15-5-2-3-6-16(15)26-18(21)23/h2-3,5-6,8-9,11H,4,7,10H2,1H3,(H,20,22). The van der Waals surface area contributed by atoms with Crippen LogP contribution < -0.4 is 11.1 Å². The second kappa shape index (κ2) is 7.58. The van der Waals surface area contributed by atoms with Crippen LogP contribution in [0.5, 0.6) is 0 Å². The third kappa shape index (κ3) is 4.40. The maximum atomic E-state index is 12.2. The van der Waals surface area contributed by atoms with Crippen molar-refractivity contribution in [3.05, 3.63) is 58.0 Å². The van der Waals surface area contributed by atoms with Gasteiger partial charge in [0.25, 0.3) is 0 Å². The Morgan fingerprint density at radius 1 is 1.22 bits per heavy atom. The Bertz CT molecular complexity index is 1160. The van der Waals surface area contributed by atoms with Crippen molar-refractivity contribution >= 4 is 44.1 Å². The third-order valence-electron chi connectivity index (χ3n) is 4.00. The lowest BCUT2D eigenvalue weighted by molar-refractivity contribution is -0.116. The van der Waals surface area contributed by atoms with Gasteiger partial charge in [-0.2, -0.15) is 0 Å². The fraction of sp³-hybridized carbons (Fsp3) is 0.222. The molecule has 1 N–H and O–H groups in total. The molecule has 0 saturated heterocycles. The minimum absolute atomic E-state index is 0.0682. The summed E-state index contributed by atoms with van der Waals surface area (Å²) in [5.41, 5.74) is 1.40. The molecule has 0 unspecified atom stereocenters. The van der Waals surface area contributed by atoms with Crippen molar-refractivity contribution in [1.29, 1.82) is 0 Å². The normalized spacial score (nSPS) is 11.6. The van der Waals surface area contributed by atoms with Crippen LogP contribution in [0, 0.1) is 0 Å². The number of aromatic nitrogens is 1. The average molecular weight is 409 g/mol. The topological polar surface area (TPSA) is 98.4 Å². The molecule has 0 saturated carbocycles. The van der Waals surface area contributed by atoms with Gasteiger partial charge in [0.1, 0.15) is 0 Å². The van der Waals surface area contributed by atoms with E-state index in [1.54, 1.807) is 24.3 Å². The van der Waals surface area contributed by atoms with Crippen molar-refractivity contribution in [3.8, 4) is 0 Å². The van der Waals surface area contributed by atoms with E-state index in [2.05, 4.69) is 5.32 Å². The van der Waals surface area contributed by atoms with E-state index in [-0.39, 0.29) is 27.9 Å². The lowest BCUT2D eigenvalue weighted by Crippen LogP contribution is -2.17. The van der Waals surface area contributed by atoms with Crippen LogP contribution in [0.1, 0.15) is 12.8 Å². The third-order valence-corrected chi connectivity index (χ3v) is 5.44. The van der Waals surface area contributed by atoms with Crippen LogP contribution in [-0.4, -0.2) is 25.1 Å². The zero-order chi connectivity index (χ0) is 19.6. The first-order chi connectivity index (χ1) is 12.8. The minimum atomic E-state index is -3.41. The van der Waals surface area contributed by atoms with E-state index in [1.807, 2.05) is 0 Å². The van der Waals surface area contributed by atoms with Crippen molar-refractivity contribution in [2.45, 2.75) is 24.3 Å². The van der Waals surface area contributed by atoms with Gasteiger partial charge in [0, 0.05) is 19.2 Å². The summed E-state index contributed by atoms with van der Waals surface area (Å²) in [6.45, 7) is 0.320. The van der Waals surface area contributed by atoms with Crippen LogP contribution in [0.4, 0.5) is 5.69 Å². The van der Waals surface area contributed by atoms with E-state index >= 15 is 0 Å². The molecule has 2 aromatic carbocycles. The largest absolute Gasteiger partial charge is 0.419 e. The fourth-order valence-corrected chi connectivity index (χ4v) is 3.48. The number of hydrogen-bond acceptors (Lipinski definition) is 5. The van der Waals surface area contributed by atoms with E-state index in [0.717, 1.165) is 6.26 Å². The van der Waals surface area contributed by atoms with Gasteiger partial charge in [0.15, 0.2) is 15.4 Å². The average Bonchev–Trinajstić information content (AvgIpc) is 2.91.